The van der Waals surface area contributed by atoms with Crippen LogP contribution in [0.1, 0.15) is 29.8 Å². The fourth-order valence-corrected chi connectivity index (χ4v) is 2.69. The number of ether oxygens (including phenoxy) is 3. The van der Waals surface area contributed by atoms with Gasteiger partial charge in [0.2, 0.25) is 0 Å². The summed E-state index contributed by atoms with van der Waals surface area (Å²) in [6.45, 7) is 3.38. The van der Waals surface area contributed by atoms with Crippen molar-refractivity contribution in [2.24, 2.45) is 0 Å². The number of nitrogens with one attached hydrogen (secondary N) is 3. The zero-order valence-corrected chi connectivity index (χ0v) is 17.2. The van der Waals surface area contributed by atoms with E-state index in [4.69, 9.17) is 4.74 Å². The summed E-state index contributed by atoms with van der Waals surface area (Å²) in [7, 11) is 0. The Hall–Kier alpha value is -3.89. The number of halogens is 2. The third kappa shape index (κ3) is 6.30. The summed E-state index contributed by atoms with van der Waals surface area (Å²) in [5, 5.41) is 7.79. The van der Waals surface area contributed by atoms with Gasteiger partial charge in [-0.05, 0) is 43.7 Å². The van der Waals surface area contributed by atoms with Gasteiger partial charge in [-0.3, -0.25) is 4.79 Å². The van der Waals surface area contributed by atoms with Crippen molar-refractivity contribution in [2.45, 2.75) is 32.7 Å². The SMILES string of the molecule is CC(C)NC(=O)NCc1ccc(C(=O)OCC(=O)Nc2ccc3c(c2)OC(F)(F)O3)cc1. The maximum atomic E-state index is 13.0. The predicted octanol–water partition coefficient (Wildman–Crippen LogP) is 3.01. The number of anilines is 1. The van der Waals surface area contributed by atoms with Gasteiger partial charge in [0.25, 0.3) is 5.91 Å². The van der Waals surface area contributed by atoms with Crippen LogP contribution in [0.3, 0.4) is 0 Å². The molecule has 0 bridgehead atoms. The zero-order valence-electron chi connectivity index (χ0n) is 17.2. The van der Waals surface area contributed by atoms with Gasteiger partial charge in [0, 0.05) is 24.3 Å². The van der Waals surface area contributed by atoms with Gasteiger partial charge in [0.1, 0.15) is 0 Å². The first-order valence-corrected chi connectivity index (χ1v) is 9.61. The van der Waals surface area contributed by atoms with Crippen LogP contribution < -0.4 is 25.4 Å². The minimum atomic E-state index is -3.76. The smallest absolute Gasteiger partial charge is 0.452 e. The van der Waals surface area contributed by atoms with Crippen molar-refractivity contribution >= 4 is 23.6 Å². The van der Waals surface area contributed by atoms with Crippen molar-refractivity contribution in [2.75, 3.05) is 11.9 Å². The standard InChI is InChI=1S/C21H21F2N3O6/c1-12(2)25-20(29)24-10-13-3-5-14(6-4-13)19(28)30-11-18(27)26-15-7-8-16-17(9-15)32-21(22,23)31-16/h3-9,12H,10-11H2,1-2H3,(H,26,27)(H2,24,25,29). The van der Waals surface area contributed by atoms with Gasteiger partial charge in [-0.15, -0.1) is 8.78 Å². The van der Waals surface area contributed by atoms with Crippen molar-refractivity contribution in [1.82, 2.24) is 10.6 Å². The van der Waals surface area contributed by atoms with E-state index in [1.54, 1.807) is 12.1 Å². The lowest BCUT2D eigenvalue weighted by atomic mass is 10.1. The molecule has 1 heterocycles. The maximum absolute atomic E-state index is 13.0. The summed E-state index contributed by atoms with van der Waals surface area (Å²) in [5.74, 6) is -1.76. The number of esters is 1. The number of benzene rings is 2. The summed E-state index contributed by atoms with van der Waals surface area (Å²) >= 11 is 0. The van der Waals surface area contributed by atoms with E-state index in [0.717, 1.165) is 5.56 Å². The van der Waals surface area contributed by atoms with Crippen LogP contribution in [0, 0.1) is 0 Å². The number of hydrogen-bond donors (Lipinski definition) is 3. The molecule has 0 unspecified atom stereocenters. The van der Waals surface area contributed by atoms with Crippen molar-refractivity contribution in [3.63, 3.8) is 0 Å². The summed E-state index contributed by atoms with van der Waals surface area (Å²) < 4.78 is 39.6. The average molecular weight is 449 g/mol. The Bertz CT molecular complexity index is 1010. The number of carbonyl (C=O) groups is 3. The first kappa shape index (κ1) is 22.8. The molecule has 0 aromatic heterocycles. The van der Waals surface area contributed by atoms with Crippen molar-refractivity contribution < 1.29 is 37.4 Å². The van der Waals surface area contributed by atoms with Crippen LogP contribution in [0.4, 0.5) is 19.3 Å². The number of hydrogen-bond acceptors (Lipinski definition) is 6. The van der Waals surface area contributed by atoms with E-state index in [1.165, 1.54) is 30.3 Å². The lowest BCUT2D eigenvalue weighted by Crippen LogP contribution is -2.39. The lowest BCUT2D eigenvalue weighted by molar-refractivity contribution is -0.286. The molecule has 0 spiro atoms. The number of rotatable bonds is 7. The molecule has 0 radical (unpaired) electrons. The summed E-state index contributed by atoms with van der Waals surface area (Å²) in [6.07, 6.45) is -3.76. The highest BCUT2D eigenvalue weighted by atomic mass is 19.3. The second-order valence-corrected chi connectivity index (χ2v) is 7.13. The molecule has 0 atom stereocenters. The highest BCUT2D eigenvalue weighted by molar-refractivity contribution is 5.95. The second kappa shape index (κ2) is 9.50. The Balaban J connectivity index is 1.45. The number of fused-ring (bicyclic) bond motifs is 1. The summed E-state index contributed by atoms with van der Waals surface area (Å²) in [5.41, 5.74) is 1.16. The molecular weight excluding hydrogens is 428 g/mol. The fraction of sp³-hybridized carbons (Fsp3) is 0.286. The Kier molecular flexibility index (Phi) is 6.76. The Morgan fingerprint density at radius 3 is 2.41 bits per heavy atom. The molecule has 3 N–H and O–H groups in total. The van der Waals surface area contributed by atoms with Crippen LogP contribution in [0.2, 0.25) is 0 Å². The molecular formula is C21H21F2N3O6. The van der Waals surface area contributed by atoms with E-state index in [-0.39, 0.29) is 41.4 Å². The van der Waals surface area contributed by atoms with E-state index in [0.29, 0.717) is 0 Å². The molecule has 1 aliphatic heterocycles. The molecule has 2 aromatic carbocycles. The van der Waals surface area contributed by atoms with Gasteiger partial charge in [-0.2, -0.15) is 0 Å². The molecule has 3 rings (SSSR count). The average Bonchev–Trinajstić information content (AvgIpc) is 3.03. The third-order valence-electron chi connectivity index (χ3n) is 4.08. The summed E-state index contributed by atoms with van der Waals surface area (Å²) in [4.78, 5) is 35.7. The Labute approximate surface area is 182 Å². The molecule has 3 amide bonds. The topological polar surface area (TPSA) is 115 Å². The quantitative estimate of drug-likeness (QED) is 0.560. The summed E-state index contributed by atoms with van der Waals surface area (Å²) in [6, 6.07) is 9.77. The molecule has 9 nitrogen and oxygen atoms in total. The number of carbonyl (C=O) groups excluding carboxylic acids is 3. The molecule has 170 valence electrons. The first-order chi connectivity index (χ1) is 15.1. The number of urea groups is 1. The first-order valence-electron chi connectivity index (χ1n) is 9.61. The van der Waals surface area contributed by atoms with Crippen LogP contribution >= 0.6 is 0 Å². The van der Waals surface area contributed by atoms with E-state index < -0.39 is 24.8 Å². The Morgan fingerprint density at radius 1 is 1.03 bits per heavy atom. The van der Waals surface area contributed by atoms with Crippen LogP contribution in [-0.2, 0) is 16.1 Å². The highest BCUT2D eigenvalue weighted by Crippen LogP contribution is 2.42. The lowest BCUT2D eigenvalue weighted by Gasteiger charge is -2.10. The van der Waals surface area contributed by atoms with Gasteiger partial charge in [-0.25, -0.2) is 9.59 Å². The molecule has 0 saturated heterocycles. The molecule has 11 heteroatoms. The van der Waals surface area contributed by atoms with E-state index in [1.807, 2.05) is 13.8 Å². The van der Waals surface area contributed by atoms with Crippen LogP contribution in [0.25, 0.3) is 0 Å². The number of alkyl halides is 2. The molecule has 0 fully saturated rings. The molecule has 0 saturated carbocycles. The van der Waals surface area contributed by atoms with Crippen molar-refractivity contribution in [3.05, 3.63) is 53.6 Å². The van der Waals surface area contributed by atoms with E-state index in [2.05, 4.69) is 25.4 Å². The van der Waals surface area contributed by atoms with Crippen LogP contribution in [0.5, 0.6) is 11.5 Å². The van der Waals surface area contributed by atoms with E-state index in [9.17, 15) is 23.2 Å². The zero-order chi connectivity index (χ0) is 23.3. The minimum Gasteiger partial charge on any atom is -0.452 e. The van der Waals surface area contributed by atoms with E-state index >= 15 is 0 Å². The largest absolute Gasteiger partial charge is 0.586 e. The Morgan fingerprint density at radius 2 is 1.72 bits per heavy atom. The predicted molar refractivity (Wildman–Crippen MR) is 109 cm³/mol. The van der Waals surface area contributed by atoms with Crippen molar-refractivity contribution in [3.8, 4) is 11.5 Å². The second-order valence-electron chi connectivity index (χ2n) is 7.13. The van der Waals surface area contributed by atoms with Gasteiger partial charge in [0.05, 0.1) is 5.56 Å². The fourth-order valence-electron chi connectivity index (χ4n) is 2.69. The number of amides is 3. The highest BCUT2D eigenvalue weighted by Gasteiger charge is 2.43. The maximum Gasteiger partial charge on any atom is 0.586 e. The minimum absolute atomic E-state index is 0.0131. The monoisotopic (exact) mass is 449 g/mol. The van der Waals surface area contributed by atoms with Crippen molar-refractivity contribution in [1.29, 1.82) is 0 Å². The van der Waals surface area contributed by atoms with Crippen LogP contribution in [0.15, 0.2) is 42.5 Å². The van der Waals surface area contributed by atoms with Gasteiger partial charge >= 0.3 is 18.3 Å². The van der Waals surface area contributed by atoms with Gasteiger partial charge in [-0.1, -0.05) is 12.1 Å². The van der Waals surface area contributed by atoms with Gasteiger partial charge < -0.3 is 30.2 Å². The third-order valence-corrected chi connectivity index (χ3v) is 4.08. The normalized spacial score (nSPS) is 13.4. The molecule has 1 aliphatic rings. The molecule has 0 aliphatic carbocycles. The molecule has 32 heavy (non-hydrogen) atoms. The van der Waals surface area contributed by atoms with Crippen LogP contribution in [-0.4, -0.2) is 36.9 Å². The van der Waals surface area contributed by atoms with Gasteiger partial charge in [0.15, 0.2) is 18.1 Å². The molecule has 2 aromatic rings.